The molecule has 0 radical (unpaired) electrons. The molecule has 1 rings (SSSR count). The Hall–Kier alpha value is -2.00. The summed E-state index contributed by atoms with van der Waals surface area (Å²) < 4.78 is 77.4. The number of carboxylic acids is 1. The van der Waals surface area contributed by atoms with Crippen LogP contribution >= 0.6 is 0 Å². The summed E-state index contributed by atoms with van der Waals surface area (Å²) in [4.78, 5) is 14.0. The molecule has 0 amide bonds. The molecular weight excluding hydrogens is 296 g/mol. The third-order valence-corrected chi connectivity index (χ3v) is 2.01. The first-order valence-corrected chi connectivity index (χ1v) is 4.93. The van der Waals surface area contributed by atoms with Crippen LogP contribution in [0.15, 0.2) is 12.1 Å². The van der Waals surface area contributed by atoms with Gasteiger partial charge in [-0.1, -0.05) is 0 Å². The van der Waals surface area contributed by atoms with E-state index >= 15 is 0 Å². The monoisotopic (exact) mass is 303 g/mol. The number of aromatic nitrogens is 1. The van der Waals surface area contributed by atoms with E-state index in [1.54, 1.807) is 0 Å². The van der Waals surface area contributed by atoms with Crippen LogP contribution in [0.4, 0.5) is 26.3 Å². The fourth-order valence-electron chi connectivity index (χ4n) is 1.26. The average Bonchev–Trinajstić information content (AvgIpc) is 2.22. The Bertz CT molecular complexity index is 497. The van der Waals surface area contributed by atoms with Crippen molar-refractivity contribution in [2.45, 2.75) is 25.4 Å². The first kappa shape index (κ1) is 16.1. The Morgan fingerprint density at radius 3 is 2.10 bits per heavy atom. The van der Waals surface area contributed by atoms with Crippen LogP contribution < -0.4 is 4.74 Å². The SMILES string of the molecule is Cc1cc(C(=O)O)cc(OC(C(F)(F)F)C(F)(F)F)n1. The molecule has 0 saturated carbocycles. The molecule has 0 aliphatic heterocycles. The zero-order valence-electron chi connectivity index (χ0n) is 9.71. The number of hydrogen-bond acceptors (Lipinski definition) is 3. The van der Waals surface area contributed by atoms with Crippen molar-refractivity contribution < 1.29 is 41.0 Å². The normalized spacial score (nSPS) is 12.6. The minimum absolute atomic E-state index is 0.0944. The molecule has 0 atom stereocenters. The topological polar surface area (TPSA) is 59.4 Å². The van der Waals surface area contributed by atoms with Crippen LogP contribution in [0.1, 0.15) is 16.1 Å². The van der Waals surface area contributed by atoms with Crippen molar-refractivity contribution in [2.75, 3.05) is 0 Å². The molecule has 0 unspecified atom stereocenters. The van der Waals surface area contributed by atoms with E-state index in [1.165, 1.54) is 6.92 Å². The fourth-order valence-corrected chi connectivity index (χ4v) is 1.26. The number of aryl methyl sites for hydroxylation is 1. The van der Waals surface area contributed by atoms with Crippen molar-refractivity contribution in [2.24, 2.45) is 0 Å². The van der Waals surface area contributed by atoms with Gasteiger partial charge in [0.15, 0.2) is 0 Å². The van der Waals surface area contributed by atoms with Crippen molar-refractivity contribution in [3.8, 4) is 5.88 Å². The Kier molecular flexibility index (Phi) is 4.15. The van der Waals surface area contributed by atoms with Crippen LogP contribution in [0.2, 0.25) is 0 Å². The summed E-state index contributed by atoms with van der Waals surface area (Å²) in [6.07, 6.45) is -15.5. The van der Waals surface area contributed by atoms with Crippen molar-refractivity contribution in [1.29, 1.82) is 0 Å². The number of halogens is 6. The number of pyridine rings is 1. The standard InChI is InChI=1S/C10H7F6NO3/c1-4-2-5(7(18)19)3-6(17-4)20-8(9(11,12)13)10(14,15)16/h2-3,8H,1H3,(H,18,19). The van der Waals surface area contributed by atoms with E-state index in [0.29, 0.717) is 6.07 Å². The van der Waals surface area contributed by atoms with Crippen LogP contribution in [0, 0.1) is 6.92 Å². The highest BCUT2D eigenvalue weighted by Gasteiger charge is 2.59. The first-order chi connectivity index (χ1) is 8.91. The Balaban J connectivity index is 3.15. The quantitative estimate of drug-likeness (QED) is 0.872. The molecule has 4 nitrogen and oxygen atoms in total. The van der Waals surface area contributed by atoms with E-state index in [-0.39, 0.29) is 5.69 Å². The van der Waals surface area contributed by atoms with Gasteiger partial charge < -0.3 is 9.84 Å². The van der Waals surface area contributed by atoms with Gasteiger partial charge in [-0.15, -0.1) is 0 Å². The molecule has 0 spiro atoms. The second-order valence-electron chi connectivity index (χ2n) is 3.72. The molecule has 0 fully saturated rings. The van der Waals surface area contributed by atoms with Gasteiger partial charge in [-0.05, 0) is 13.0 Å². The molecule has 0 aliphatic carbocycles. The maximum atomic E-state index is 12.3. The predicted octanol–water partition coefficient (Wildman–Crippen LogP) is 2.96. The summed E-state index contributed by atoms with van der Waals surface area (Å²) in [5.41, 5.74) is -0.626. The smallest absolute Gasteiger partial charge is 0.434 e. The molecule has 0 saturated heterocycles. The summed E-state index contributed by atoms with van der Waals surface area (Å²) in [6, 6.07) is 1.46. The number of aromatic carboxylic acids is 1. The third-order valence-electron chi connectivity index (χ3n) is 2.01. The molecule has 1 aromatic heterocycles. The molecule has 1 heterocycles. The lowest BCUT2D eigenvalue weighted by Crippen LogP contribution is -2.46. The fraction of sp³-hybridized carbons (Fsp3) is 0.400. The van der Waals surface area contributed by atoms with E-state index in [9.17, 15) is 31.1 Å². The van der Waals surface area contributed by atoms with Gasteiger partial charge in [-0.2, -0.15) is 26.3 Å². The van der Waals surface area contributed by atoms with Crippen molar-refractivity contribution in [3.63, 3.8) is 0 Å². The minimum atomic E-state index is -5.70. The van der Waals surface area contributed by atoms with E-state index in [2.05, 4.69) is 9.72 Å². The largest absolute Gasteiger partial charge is 0.478 e. The summed E-state index contributed by atoms with van der Waals surface area (Å²) in [7, 11) is 0. The van der Waals surface area contributed by atoms with Crippen LogP contribution in [0.3, 0.4) is 0 Å². The lowest BCUT2D eigenvalue weighted by Gasteiger charge is -2.23. The molecule has 112 valence electrons. The Labute approximate surface area is 108 Å². The van der Waals surface area contributed by atoms with Gasteiger partial charge in [-0.3, -0.25) is 0 Å². The number of carbonyl (C=O) groups is 1. The van der Waals surface area contributed by atoms with Gasteiger partial charge in [0.2, 0.25) is 5.88 Å². The number of alkyl halides is 6. The average molecular weight is 303 g/mol. The Morgan fingerprint density at radius 2 is 1.70 bits per heavy atom. The van der Waals surface area contributed by atoms with E-state index < -0.39 is 35.9 Å². The minimum Gasteiger partial charge on any atom is -0.478 e. The molecule has 10 heteroatoms. The summed E-state index contributed by atoms with van der Waals surface area (Å²) >= 11 is 0. The first-order valence-electron chi connectivity index (χ1n) is 4.93. The highest BCUT2D eigenvalue weighted by molar-refractivity contribution is 5.88. The Morgan fingerprint density at radius 1 is 1.20 bits per heavy atom. The van der Waals surface area contributed by atoms with Gasteiger partial charge in [-0.25, -0.2) is 9.78 Å². The molecule has 20 heavy (non-hydrogen) atoms. The van der Waals surface area contributed by atoms with Crippen LogP contribution in [-0.4, -0.2) is 34.5 Å². The van der Waals surface area contributed by atoms with Crippen molar-refractivity contribution in [1.82, 2.24) is 4.98 Å². The summed E-state index contributed by atoms with van der Waals surface area (Å²) in [6.45, 7) is 1.20. The molecule has 0 aromatic carbocycles. The van der Waals surface area contributed by atoms with E-state index in [4.69, 9.17) is 5.11 Å². The maximum absolute atomic E-state index is 12.3. The lowest BCUT2D eigenvalue weighted by molar-refractivity contribution is -0.300. The number of nitrogens with zero attached hydrogens (tertiary/aromatic N) is 1. The van der Waals surface area contributed by atoms with Crippen molar-refractivity contribution >= 4 is 5.97 Å². The third kappa shape index (κ3) is 4.00. The lowest BCUT2D eigenvalue weighted by atomic mass is 10.2. The van der Waals surface area contributed by atoms with Crippen LogP contribution in [-0.2, 0) is 0 Å². The van der Waals surface area contributed by atoms with Gasteiger partial charge in [0, 0.05) is 11.8 Å². The molecule has 1 aromatic rings. The maximum Gasteiger partial charge on any atom is 0.434 e. The van der Waals surface area contributed by atoms with Gasteiger partial charge >= 0.3 is 18.3 Å². The highest BCUT2D eigenvalue weighted by Crippen LogP contribution is 2.36. The van der Waals surface area contributed by atoms with Gasteiger partial charge in [0.05, 0.1) is 5.56 Å². The zero-order valence-corrected chi connectivity index (χ0v) is 9.71. The summed E-state index contributed by atoms with van der Waals surface area (Å²) in [5, 5.41) is 8.66. The second-order valence-corrected chi connectivity index (χ2v) is 3.72. The van der Waals surface area contributed by atoms with Crippen LogP contribution in [0.5, 0.6) is 5.88 Å². The zero-order chi connectivity index (χ0) is 15.7. The number of carboxylic acid groups (broad SMARTS) is 1. The van der Waals surface area contributed by atoms with Crippen molar-refractivity contribution in [3.05, 3.63) is 23.4 Å². The molecular formula is C10H7F6NO3. The predicted molar refractivity (Wildman–Crippen MR) is 52.5 cm³/mol. The molecule has 0 aliphatic rings. The number of ether oxygens (including phenoxy) is 1. The second kappa shape index (κ2) is 5.17. The summed E-state index contributed by atoms with van der Waals surface area (Å²) in [5.74, 6) is -2.60. The molecule has 0 bridgehead atoms. The van der Waals surface area contributed by atoms with Gasteiger partial charge in [0.25, 0.3) is 6.10 Å². The van der Waals surface area contributed by atoms with E-state index in [1.807, 2.05) is 0 Å². The van der Waals surface area contributed by atoms with E-state index in [0.717, 1.165) is 6.07 Å². The highest BCUT2D eigenvalue weighted by atomic mass is 19.4. The molecule has 1 N–H and O–H groups in total. The number of rotatable bonds is 3. The van der Waals surface area contributed by atoms with Gasteiger partial charge in [0.1, 0.15) is 0 Å². The number of hydrogen-bond donors (Lipinski definition) is 1. The van der Waals surface area contributed by atoms with Crippen LogP contribution in [0.25, 0.3) is 0 Å².